The topological polar surface area (TPSA) is 55.1 Å². The molecular formula is C43H28N4O. The number of para-hydroxylation sites is 1. The van der Waals surface area contributed by atoms with Crippen molar-refractivity contribution in [3.8, 4) is 34.2 Å². The Morgan fingerprint density at radius 3 is 1.69 bits per heavy atom. The van der Waals surface area contributed by atoms with Gasteiger partial charge in [-0.15, -0.1) is 0 Å². The molecule has 226 valence electrons. The molecule has 0 fully saturated rings. The highest BCUT2D eigenvalue weighted by Crippen LogP contribution is 2.41. The van der Waals surface area contributed by atoms with Gasteiger partial charge >= 0.3 is 0 Å². The molecule has 9 aromatic rings. The summed E-state index contributed by atoms with van der Waals surface area (Å²) in [5.41, 5.74) is 7.47. The fourth-order valence-corrected chi connectivity index (χ4v) is 6.41. The molecule has 0 atom stereocenters. The average Bonchev–Trinajstić information content (AvgIpc) is 3.54. The molecule has 0 saturated heterocycles. The van der Waals surface area contributed by atoms with E-state index in [-0.39, 0.29) is 0 Å². The zero-order valence-electron chi connectivity index (χ0n) is 25.9. The lowest BCUT2D eigenvalue weighted by Crippen LogP contribution is -2.09. The number of fused-ring (bicyclic) bond motifs is 4. The normalized spacial score (nSPS) is 11.3. The monoisotopic (exact) mass is 616 g/mol. The van der Waals surface area contributed by atoms with E-state index in [4.69, 9.17) is 19.4 Å². The molecule has 0 radical (unpaired) electrons. The minimum absolute atomic E-state index is 0.599. The molecular weight excluding hydrogens is 589 g/mol. The first-order valence-electron chi connectivity index (χ1n) is 16.0. The molecule has 0 spiro atoms. The van der Waals surface area contributed by atoms with Crippen molar-refractivity contribution in [3.05, 3.63) is 170 Å². The lowest BCUT2D eigenvalue weighted by Gasteiger charge is -2.25. The average molecular weight is 617 g/mol. The number of rotatable bonds is 6. The fourth-order valence-electron chi connectivity index (χ4n) is 6.41. The number of furan rings is 1. The van der Waals surface area contributed by atoms with E-state index < -0.39 is 0 Å². The largest absolute Gasteiger partial charge is 0.456 e. The van der Waals surface area contributed by atoms with Crippen molar-refractivity contribution in [3.63, 3.8) is 0 Å². The fraction of sp³-hybridized carbons (Fsp3) is 0. The van der Waals surface area contributed by atoms with E-state index in [0.717, 1.165) is 55.7 Å². The van der Waals surface area contributed by atoms with E-state index >= 15 is 0 Å². The lowest BCUT2D eigenvalue weighted by atomic mass is 10.0. The Balaban J connectivity index is 1.22. The zero-order chi connectivity index (χ0) is 31.9. The minimum atomic E-state index is 0.599. The third-order valence-electron chi connectivity index (χ3n) is 8.68. The molecule has 0 aliphatic carbocycles. The smallest absolute Gasteiger partial charge is 0.164 e. The molecule has 9 rings (SSSR count). The zero-order valence-corrected chi connectivity index (χ0v) is 25.9. The summed E-state index contributed by atoms with van der Waals surface area (Å²) < 4.78 is 6.58. The van der Waals surface area contributed by atoms with Crippen molar-refractivity contribution in [2.75, 3.05) is 4.90 Å². The summed E-state index contributed by atoms with van der Waals surface area (Å²) in [5.74, 6) is 1.85. The van der Waals surface area contributed by atoms with Gasteiger partial charge in [-0.05, 0) is 53.2 Å². The maximum atomic E-state index is 6.58. The molecule has 0 unspecified atom stereocenters. The molecule has 7 aromatic carbocycles. The van der Waals surface area contributed by atoms with Crippen LogP contribution in [0.5, 0.6) is 0 Å². The van der Waals surface area contributed by atoms with Gasteiger partial charge in [-0.3, -0.25) is 0 Å². The number of hydrogen-bond donors (Lipinski definition) is 0. The standard InChI is InChI=1S/C43H28N4O/c1-4-14-30(15-5-1)41-44-42(31-16-6-2-7-17-31)46-43(45-41)37-21-12-22-38-40(37)36-26-25-35(28-39(36)48-38)47(33-19-8-3-9-20-33)34-24-23-29-13-10-11-18-32(29)27-34/h1-28H. The van der Waals surface area contributed by atoms with Crippen LogP contribution in [0.4, 0.5) is 17.1 Å². The van der Waals surface area contributed by atoms with Crippen molar-refractivity contribution >= 4 is 49.8 Å². The number of aromatic nitrogens is 3. The Morgan fingerprint density at radius 1 is 0.396 bits per heavy atom. The van der Waals surface area contributed by atoms with Crippen LogP contribution in [0.15, 0.2) is 174 Å². The number of nitrogens with zero attached hydrogens (tertiary/aromatic N) is 4. The van der Waals surface area contributed by atoms with Gasteiger partial charge in [0.2, 0.25) is 0 Å². The van der Waals surface area contributed by atoms with Crippen LogP contribution < -0.4 is 4.90 Å². The Hall–Kier alpha value is -6.59. The summed E-state index contributed by atoms with van der Waals surface area (Å²) >= 11 is 0. The van der Waals surface area contributed by atoms with Crippen molar-refractivity contribution in [2.24, 2.45) is 0 Å². The van der Waals surface area contributed by atoms with Crippen LogP contribution >= 0.6 is 0 Å². The van der Waals surface area contributed by atoms with Gasteiger partial charge in [0.15, 0.2) is 17.5 Å². The third-order valence-corrected chi connectivity index (χ3v) is 8.68. The Morgan fingerprint density at radius 2 is 0.979 bits per heavy atom. The molecule has 0 aliphatic rings. The van der Waals surface area contributed by atoms with Gasteiger partial charge in [-0.1, -0.05) is 121 Å². The molecule has 2 aromatic heterocycles. The second-order valence-electron chi connectivity index (χ2n) is 11.7. The molecule has 0 bridgehead atoms. The van der Waals surface area contributed by atoms with Crippen molar-refractivity contribution in [2.45, 2.75) is 0 Å². The summed E-state index contributed by atoms with van der Waals surface area (Å²) in [6.07, 6.45) is 0. The van der Waals surface area contributed by atoms with Crippen molar-refractivity contribution in [1.29, 1.82) is 0 Å². The summed E-state index contributed by atoms with van der Waals surface area (Å²) in [5, 5.41) is 4.37. The molecule has 5 nitrogen and oxygen atoms in total. The maximum absolute atomic E-state index is 6.58. The van der Waals surface area contributed by atoms with Crippen LogP contribution in [-0.4, -0.2) is 15.0 Å². The van der Waals surface area contributed by atoms with Crippen molar-refractivity contribution < 1.29 is 4.42 Å². The summed E-state index contributed by atoms with van der Waals surface area (Å²) in [6, 6.07) is 58.1. The van der Waals surface area contributed by atoms with Gasteiger partial charge in [-0.2, -0.15) is 0 Å². The summed E-state index contributed by atoms with van der Waals surface area (Å²) in [4.78, 5) is 17.2. The second kappa shape index (κ2) is 11.6. The van der Waals surface area contributed by atoms with Gasteiger partial charge in [-0.25, -0.2) is 15.0 Å². The third kappa shape index (κ3) is 4.95. The highest BCUT2D eigenvalue weighted by molar-refractivity contribution is 6.12. The Bertz CT molecular complexity index is 2510. The van der Waals surface area contributed by atoms with Crippen LogP contribution in [0.3, 0.4) is 0 Å². The van der Waals surface area contributed by atoms with E-state index in [1.165, 1.54) is 10.8 Å². The summed E-state index contributed by atoms with van der Waals surface area (Å²) in [7, 11) is 0. The van der Waals surface area contributed by atoms with Crippen molar-refractivity contribution in [1.82, 2.24) is 15.0 Å². The first-order valence-corrected chi connectivity index (χ1v) is 16.0. The van der Waals surface area contributed by atoms with E-state index in [0.29, 0.717) is 17.5 Å². The van der Waals surface area contributed by atoms with Crippen LogP contribution in [0.2, 0.25) is 0 Å². The van der Waals surface area contributed by atoms with Crippen LogP contribution in [0, 0.1) is 0 Å². The van der Waals surface area contributed by atoms with Gasteiger partial charge in [0, 0.05) is 50.6 Å². The molecule has 0 aliphatic heterocycles. The second-order valence-corrected chi connectivity index (χ2v) is 11.7. The lowest BCUT2D eigenvalue weighted by molar-refractivity contribution is 0.669. The highest BCUT2D eigenvalue weighted by atomic mass is 16.3. The predicted octanol–water partition coefficient (Wildman–Crippen LogP) is 11.4. The van der Waals surface area contributed by atoms with Crippen LogP contribution in [-0.2, 0) is 0 Å². The molecule has 0 saturated carbocycles. The Kier molecular flexibility index (Phi) is 6.72. The van der Waals surface area contributed by atoms with Gasteiger partial charge in [0.1, 0.15) is 11.2 Å². The molecule has 0 N–H and O–H groups in total. The molecule has 48 heavy (non-hydrogen) atoms. The van der Waals surface area contributed by atoms with Gasteiger partial charge in [0.05, 0.1) is 0 Å². The SMILES string of the molecule is c1ccc(-c2nc(-c3ccccc3)nc(-c3cccc4oc5cc(N(c6ccccc6)c6ccc7ccccc7c6)ccc5c34)n2)cc1. The first-order chi connectivity index (χ1) is 23.8. The molecule has 0 amide bonds. The molecule has 2 heterocycles. The molecule has 5 heteroatoms. The summed E-state index contributed by atoms with van der Waals surface area (Å²) in [6.45, 7) is 0. The number of benzene rings is 7. The van der Waals surface area contributed by atoms with E-state index in [1.54, 1.807) is 0 Å². The van der Waals surface area contributed by atoms with E-state index in [9.17, 15) is 0 Å². The minimum Gasteiger partial charge on any atom is -0.456 e. The quantitative estimate of drug-likeness (QED) is 0.186. The number of anilines is 3. The van der Waals surface area contributed by atoms with E-state index in [1.807, 2.05) is 78.9 Å². The van der Waals surface area contributed by atoms with E-state index in [2.05, 4.69) is 95.9 Å². The predicted molar refractivity (Wildman–Crippen MR) is 196 cm³/mol. The Labute approximate surface area is 277 Å². The van der Waals surface area contributed by atoms with Crippen LogP contribution in [0.1, 0.15) is 0 Å². The van der Waals surface area contributed by atoms with Gasteiger partial charge in [0.25, 0.3) is 0 Å². The highest BCUT2D eigenvalue weighted by Gasteiger charge is 2.20. The number of hydrogen-bond acceptors (Lipinski definition) is 5. The maximum Gasteiger partial charge on any atom is 0.164 e. The van der Waals surface area contributed by atoms with Crippen LogP contribution in [0.25, 0.3) is 66.9 Å². The first kappa shape index (κ1) is 27.7. The van der Waals surface area contributed by atoms with Gasteiger partial charge < -0.3 is 9.32 Å².